The molecule has 0 radical (unpaired) electrons. The Hall–Kier alpha value is -2.68. The summed E-state index contributed by atoms with van der Waals surface area (Å²) >= 11 is 0. The molecule has 1 heterocycles. The van der Waals surface area contributed by atoms with Gasteiger partial charge in [-0.1, -0.05) is 24.6 Å². The number of rotatable bonds is 3. The van der Waals surface area contributed by atoms with Gasteiger partial charge in [-0.15, -0.1) is 0 Å². The van der Waals surface area contributed by atoms with Crippen molar-refractivity contribution in [2.45, 2.75) is 97.2 Å². The van der Waals surface area contributed by atoms with Crippen LogP contribution in [0.4, 0.5) is 0 Å². The van der Waals surface area contributed by atoms with Crippen molar-refractivity contribution in [3.63, 3.8) is 0 Å². The number of ether oxygens (including phenoxy) is 4. The van der Waals surface area contributed by atoms with Crippen LogP contribution in [0.3, 0.4) is 0 Å². The predicted octanol–water partition coefficient (Wildman–Crippen LogP) is 2.79. The Balaban J connectivity index is 2.33. The monoisotopic (exact) mass is 492 g/mol. The lowest BCUT2D eigenvalue weighted by Crippen LogP contribution is -2.65. The molecule has 0 unspecified atom stereocenters. The summed E-state index contributed by atoms with van der Waals surface area (Å²) < 4.78 is 23.0. The van der Waals surface area contributed by atoms with Crippen molar-refractivity contribution in [2.75, 3.05) is 0 Å². The van der Waals surface area contributed by atoms with Crippen LogP contribution in [-0.4, -0.2) is 59.0 Å². The molecule has 9 nitrogen and oxygen atoms in total. The van der Waals surface area contributed by atoms with E-state index in [2.05, 4.69) is 6.58 Å². The van der Waals surface area contributed by atoms with Crippen LogP contribution in [0.25, 0.3) is 0 Å². The molecule has 1 saturated carbocycles. The van der Waals surface area contributed by atoms with Gasteiger partial charge in [0.05, 0.1) is 11.3 Å². The Bertz CT molecular complexity index is 952. The zero-order valence-corrected chi connectivity index (χ0v) is 21.3. The van der Waals surface area contributed by atoms with Gasteiger partial charge in [0.25, 0.3) is 0 Å². The summed E-state index contributed by atoms with van der Waals surface area (Å²) in [4.78, 5) is 49.4. The third-order valence-electron chi connectivity index (χ3n) is 7.88. The molecular weight excluding hydrogens is 456 g/mol. The van der Waals surface area contributed by atoms with Gasteiger partial charge in [-0.2, -0.15) is 0 Å². The van der Waals surface area contributed by atoms with Gasteiger partial charge in [0, 0.05) is 26.7 Å². The maximum atomic E-state index is 12.7. The number of carbonyl (C=O) groups excluding carboxylic acids is 4. The molecule has 35 heavy (non-hydrogen) atoms. The fourth-order valence-electron chi connectivity index (χ4n) is 6.10. The lowest BCUT2D eigenvalue weighted by atomic mass is 9.55. The van der Waals surface area contributed by atoms with Crippen LogP contribution in [-0.2, 0) is 38.1 Å². The molecule has 3 rings (SSSR count). The number of allylic oxidation sites excluding steroid dienone is 1. The molecule has 1 aliphatic heterocycles. The van der Waals surface area contributed by atoms with Crippen molar-refractivity contribution >= 4 is 23.9 Å². The molecule has 0 bridgehead atoms. The van der Waals surface area contributed by atoms with Crippen molar-refractivity contribution < 1.29 is 43.2 Å². The molecule has 0 spiro atoms. The van der Waals surface area contributed by atoms with E-state index >= 15 is 0 Å². The number of fused-ring (bicyclic) bond motifs is 2. The van der Waals surface area contributed by atoms with Crippen molar-refractivity contribution in [2.24, 2.45) is 17.3 Å². The molecule has 2 aliphatic carbocycles. The minimum atomic E-state index is -1.94. The molecule has 0 amide bonds. The van der Waals surface area contributed by atoms with Crippen LogP contribution in [0.5, 0.6) is 0 Å². The SMILES string of the molecule is C=C1CC[C@H](OC(C)=O)[C@]2(C)[C@@H](OC(C)=O)CC/C(C)=C\[C@@H]3OC(=O)[C@H](C)[C@@]3(O)[C@H](OC(C)=O)[C@@H]12. The predicted molar refractivity (Wildman–Crippen MR) is 124 cm³/mol. The fraction of sp³-hybridized carbons (Fsp3) is 0.692. The fourth-order valence-corrected chi connectivity index (χ4v) is 6.10. The van der Waals surface area contributed by atoms with Crippen LogP contribution < -0.4 is 0 Å². The first-order chi connectivity index (χ1) is 16.2. The van der Waals surface area contributed by atoms with Crippen molar-refractivity contribution in [1.29, 1.82) is 0 Å². The van der Waals surface area contributed by atoms with Crippen molar-refractivity contribution in [3.8, 4) is 0 Å². The second-order valence-corrected chi connectivity index (χ2v) is 10.3. The van der Waals surface area contributed by atoms with Gasteiger partial charge in [0.15, 0.2) is 11.7 Å². The maximum Gasteiger partial charge on any atom is 0.312 e. The standard InChI is InChI=1S/C26H36O9/c1-13-8-10-19(32-16(4)27)25(7)20(33-17(5)28)11-9-14(2)22(25)23(34-18(6)29)26(31)15(3)24(30)35-21(26)12-13/h12,15,19-23,31H,2,8-11H2,1,3-7H3/b13-12-/t15-,19-,20-,21-,22+,23+,25-,26-/m0/s1. The third-order valence-corrected chi connectivity index (χ3v) is 7.88. The molecule has 194 valence electrons. The lowest BCUT2D eigenvalue weighted by Gasteiger charge is -2.55. The van der Waals surface area contributed by atoms with E-state index in [-0.39, 0.29) is 0 Å². The molecular formula is C26H36O9. The number of esters is 4. The lowest BCUT2D eigenvalue weighted by molar-refractivity contribution is -0.219. The van der Waals surface area contributed by atoms with E-state index in [9.17, 15) is 24.3 Å². The first kappa shape index (κ1) is 26.9. The highest BCUT2D eigenvalue weighted by atomic mass is 16.6. The second-order valence-electron chi connectivity index (χ2n) is 10.3. The number of aliphatic hydroxyl groups is 1. The summed E-state index contributed by atoms with van der Waals surface area (Å²) in [6, 6.07) is 0. The van der Waals surface area contributed by atoms with E-state index in [4.69, 9.17) is 18.9 Å². The average molecular weight is 493 g/mol. The summed E-state index contributed by atoms with van der Waals surface area (Å²) in [5, 5.41) is 12.2. The van der Waals surface area contributed by atoms with Gasteiger partial charge in [0.1, 0.15) is 18.3 Å². The Morgan fingerprint density at radius 2 is 1.54 bits per heavy atom. The van der Waals surface area contributed by atoms with Crippen LogP contribution in [0, 0.1) is 17.3 Å². The zero-order valence-electron chi connectivity index (χ0n) is 21.3. The largest absolute Gasteiger partial charge is 0.462 e. The molecule has 1 saturated heterocycles. The summed E-state index contributed by atoms with van der Waals surface area (Å²) in [5.41, 5.74) is -1.63. The van der Waals surface area contributed by atoms with Gasteiger partial charge in [-0.3, -0.25) is 19.2 Å². The first-order valence-electron chi connectivity index (χ1n) is 12.0. The highest BCUT2D eigenvalue weighted by molar-refractivity contribution is 5.77. The van der Waals surface area contributed by atoms with Crippen LogP contribution in [0.2, 0.25) is 0 Å². The maximum absolute atomic E-state index is 12.7. The molecule has 9 heteroatoms. The molecule has 0 aromatic carbocycles. The van der Waals surface area contributed by atoms with Gasteiger partial charge in [-0.05, 0) is 45.6 Å². The molecule has 2 fully saturated rings. The van der Waals surface area contributed by atoms with Crippen molar-refractivity contribution in [1.82, 2.24) is 0 Å². The van der Waals surface area contributed by atoms with Crippen LogP contribution in [0.15, 0.2) is 23.8 Å². The molecule has 8 atom stereocenters. The van der Waals surface area contributed by atoms with E-state index in [1.54, 1.807) is 13.0 Å². The average Bonchev–Trinajstić information content (AvgIpc) is 2.95. The third kappa shape index (κ3) is 4.75. The number of carbonyl (C=O) groups is 4. The normalized spacial score (nSPS) is 40.8. The van der Waals surface area contributed by atoms with Crippen molar-refractivity contribution in [3.05, 3.63) is 23.8 Å². The minimum absolute atomic E-state index is 0.376. The molecule has 0 aromatic rings. The summed E-state index contributed by atoms with van der Waals surface area (Å²) in [6.45, 7) is 13.2. The molecule has 0 aromatic heterocycles. The van der Waals surface area contributed by atoms with E-state index < -0.39 is 71.1 Å². The van der Waals surface area contributed by atoms with E-state index in [0.29, 0.717) is 31.3 Å². The van der Waals surface area contributed by atoms with Gasteiger partial charge in [-0.25, -0.2) is 0 Å². The topological polar surface area (TPSA) is 125 Å². The Morgan fingerprint density at radius 3 is 2.06 bits per heavy atom. The van der Waals surface area contributed by atoms with Gasteiger partial charge >= 0.3 is 23.9 Å². The number of hydrogen-bond acceptors (Lipinski definition) is 9. The van der Waals surface area contributed by atoms with E-state index in [1.165, 1.54) is 27.7 Å². The summed E-state index contributed by atoms with van der Waals surface area (Å²) in [6.07, 6.45) is -0.497. The highest BCUT2D eigenvalue weighted by Gasteiger charge is 2.67. The van der Waals surface area contributed by atoms with E-state index in [0.717, 1.165) is 5.57 Å². The van der Waals surface area contributed by atoms with Crippen LogP contribution >= 0.6 is 0 Å². The summed E-state index contributed by atoms with van der Waals surface area (Å²) in [5.74, 6) is -4.15. The van der Waals surface area contributed by atoms with Gasteiger partial charge in [0.2, 0.25) is 0 Å². The zero-order chi connectivity index (χ0) is 26.3. The Kier molecular flexibility index (Phi) is 7.50. The van der Waals surface area contributed by atoms with Gasteiger partial charge < -0.3 is 24.1 Å². The Labute approximate surface area is 205 Å². The second kappa shape index (κ2) is 9.76. The summed E-state index contributed by atoms with van der Waals surface area (Å²) in [7, 11) is 0. The number of hydrogen-bond donors (Lipinski definition) is 1. The van der Waals surface area contributed by atoms with Crippen LogP contribution in [0.1, 0.15) is 67.2 Å². The smallest absolute Gasteiger partial charge is 0.312 e. The first-order valence-corrected chi connectivity index (χ1v) is 12.0. The quantitative estimate of drug-likeness (QED) is 0.359. The van der Waals surface area contributed by atoms with E-state index in [1.807, 2.05) is 6.92 Å². The Morgan fingerprint density at radius 1 is 1.03 bits per heavy atom. The highest BCUT2D eigenvalue weighted by Crippen LogP contribution is 2.56. The molecule has 1 N–H and O–H groups in total. The minimum Gasteiger partial charge on any atom is -0.462 e. The molecule has 3 aliphatic rings.